The Morgan fingerprint density at radius 3 is 2.23 bits per heavy atom. The van der Waals surface area contributed by atoms with E-state index in [0.29, 0.717) is 6.42 Å². The van der Waals surface area contributed by atoms with Crippen molar-refractivity contribution in [2.75, 3.05) is 13.2 Å². The Kier molecular flexibility index (Phi) is 8.56. The summed E-state index contributed by atoms with van der Waals surface area (Å²) in [5.41, 5.74) is 1.16. The van der Waals surface area contributed by atoms with Crippen LogP contribution in [0.15, 0.2) is 59.5 Å². The minimum Gasteiger partial charge on any atom is -0.465 e. The first-order chi connectivity index (χ1) is 14.3. The summed E-state index contributed by atoms with van der Waals surface area (Å²) in [5, 5.41) is 0. The van der Waals surface area contributed by atoms with Gasteiger partial charge in [0.05, 0.1) is 11.5 Å². The molecule has 2 aromatic carbocycles. The summed E-state index contributed by atoms with van der Waals surface area (Å²) in [6, 6.07) is 14.8. The zero-order valence-corrected chi connectivity index (χ0v) is 18.3. The van der Waals surface area contributed by atoms with Gasteiger partial charge in [-0.05, 0) is 50.1 Å². The van der Waals surface area contributed by atoms with Crippen molar-refractivity contribution in [2.24, 2.45) is 0 Å². The monoisotopic (exact) mass is 432 g/mol. The van der Waals surface area contributed by atoms with Gasteiger partial charge in [0.15, 0.2) is 0 Å². The Bertz CT molecular complexity index is 943. The number of nitrogens with zero attached hydrogens (tertiary/aromatic N) is 1. The Balaban J connectivity index is 2.23. The molecule has 0 aliphatic carbocycles. The molecule has 162 valence electrons. The van der Waals surface area contributed by atoms with Crippen LogP contribution in [0.4, 0.5) is 0 Å². The maximum Gasteiger partial charge on any atom is 0.325 e. The maximum absolute atomic E-state index is 13.0. The van der Waals surface area contributed by atoms with E-state index in [0.717, 1.165) is 5.56 Å². The molecule has 2 aromatic rings. The van der Waals surface area contributed by atoms with Crippen molar-refractivity contribution in [1.29, 1.82) is 0 Å². The highest BCUT2D eigenvalue weighted by atomic mass is 32.2. The third kappa shape index (κ3) is 6.67. The van der Waals surface area contributed by atoms with Crippen LogP contribution in [-0.4, -0.2) is 44.4 Å². The van der Waals surface area contributed by atoms with Crippen LogP contribution in [0.25, 0.3) is 0 Å². The van der Waals surface area contributed by atoms with E-state index in [2.05, 4.69) is 4.72 Å². The molecule has 30 heavy (non-hydrogen) atoms. The number of esters is 1. The topological polar surface area (TPSA) is 92.8 Å². The highest BCUT2D eigenvalue weighted by molar-refractivity contribution is 7.89. The molecule has 7 nitrogen and oxygen atoms in total. The summed E-state index contributed by atoms with van der Waals surface area (Å²) >= 11 is 0. The van der Waals surface area contributed by atoms with Gasteiger partial charge in [-0.25, -0.2) is 13.1 Å². The number of carbonyl (C=O) groups is 2. The first-order valence-electron chi connectivity index (χ1n) is 9.88. The van der Waals surface area contributed by atoms with Crippen molar-refractivity contribution in [3.8, 4) is 0 Å². The zero-order chi connectivity index (χ0) is 22.1. The van der Waals surface area contributed by atoms with Crippen molar-refractivity contribution in [3.63, 3.8) is 0 Å². The van der Waals surface area contributed by atoms with Gasteiger partial charge in [0.1, 0.15) is 6.54 Å². The Morgan fingerprint density at radius 1 is 1.03 bits per heavy atom. The van der Waals surface area contributed by atoms with Crippen molar-refractivity contribution in [3.05, 3.63) is 65.7 Å². The van der Waals surface area contributed by atoms with Crippen molar-refractivity contribution < 1.29 is 22.7 Å². The van der Waals surface area contributed by atoms with E-state index in [9.17, 15) is 18.0 Å². The Morgan fingerprint density at radius 2 is 1.67 bits per heavy atom. The van der Waals surface area contributed by atoms with Gasteiger partial charge in [-0.1, -0.05) is 37.3 Å². The number of carbonyl (C=O) groups excluding carboxylic acids is 2. The van der Waals surface area contributed by atoms with E-state index in [-0.39, 0.29) is 42.1 Å². The average Bonchev–Trinajstić information content (AvgIpc) is 2.73. The van der Waals surface area contributed by atoms with Gasteiger partial charge in [-0.15, -0.1) is 0 Å². The molecule has 0 radical (unpaired) electrons. The van der Waals surface area contributed by atoms with E-state index in [1.165, 1.54) is 29.2 Å². The molecule has 0 heterocycles. The molecule has 8 heteroatoms. The minimum absolute atomic E-state index is 0.0827. The summed E-state index contributed by atoms with van der Waals surface area (Å²) in [4.78, 5) is 26.5. The van der Waals surface area contributed by atoms with Gasteiger partial charge in [0.2, 0.25) is 10.0 Å². The summed E-state index contributed by atoms with van der Waals surface area (Å²) in [6.45, 7) is 5.63. The lowest BCUT2D eigenvalue weighted by Gasteiger charge is -2.22. The normalized spacial score (nSPS) is 12.2. The molecule has 2 rings (SSSR count). The lowest BCUT2D eigenvalue weighted by molar-refractivity contribution is -0.143. The predicted octanol–water partition coefficient (Wildman–Crippen LogP) is 2.97. The molecule has 0 bridgehead atoms. The number of hydrogen-bond acceptors (Lipinski definition) is 5. The molecule has 1 amide bonds. The van der Waals surface area contributed by atoms with Crippen LogP contribution in [0, 0.1) is 0 Å². The Labute approximate surface area is 178 Å². The highest BCUT2D eigenvalue weighted by Crippen LogP contribution is 2.15. The first kappa shape index (κ1) is 23.6. The molecule has 0 spiro atoms. The number of amides is 1. The van der Waals surface area contributed by atoms with E-state index < -0.39 is 16.0 Å². The third-order valence-corrected chi connectivity index (χ3v) is 6.11. The number of sulfonamides is 1. The zero-order valence-electron chi connectivity index (χ0n) is 17.5. The van der Waals surface area contributed by atoms with Crippen LogP contribution in [0.5, 0.6) is 0 Å². The molecular formula is C22H28N2O5S. The maximum atomic E-state index is 13.0. The van der Waals surface area contributed by atoms with Crippen molar-refractivity contribution >= 4 is 21.9 Å². The average molecular weight is 433 g/mol. The highest BCUT2D eigenvalue weighted by Gasteiger charge is 2.22. The van der Waals surface area contributed by atoms with Gasteiger partial charge in [0.25, 0.3) is 5.91 Å². The number of benzene rings is 2. The minimum atomic E-state index is -3.66. The molecule has 0 aliphatic heterocycles. The molecular weight excluding hydrogens is 404 g/mol. The lowest BCUT2D eigenvalue weighted by Crippen LogP contribution is -2.36. The number of hydrogen-bond donors (Lipinski definition) is 1. The second-order valence-electron chi connectivity index (χ2n) is 6.91. The molecule has 0 aliphatic rings. The van der Waals surface area contributed by atoms with Crippen molar-refractivity contribution in [2.45, 2.75) is 44.7 Å². The fraction of sp³-hybridized carbons (Fsp3) is 0.364. The smallest absolute Gasteiger partial charge is 0.325 e. The van der Waals surface area contributed by atoms with Crippen LogP contribution in [0.2, 0.25) is 0 Å². The molecule has 1 N–H and O–H groups in total. The van der Waals surface area contributed by atoms with Gasteiger partial charge >= 0.3 is 5.97 Å². The van der Waals surface area contributed by atoms with Gasteiger partial charge in [0, 0.05) is 18.2 Å². The van der Waals surface area contributed by atoms with Crippen LogP contribution in [-0.2, 0) is 26.1 Å². The molecule has 0 fully saturated rings. The summed E-state index contributed by atoms with van der Waals surface area (Å²) in [5.74, 6) is -0.885. The fourth-order valence-electron chi connectivity index (χ4n) is 2.74. The molecule has 1 atom stereocenters. The van der Waals surface area contributed by atoms with Crippen molar-refractivity contribution in [1.82, 2.24) is 9.62 Å². The number of ether oxygens (including phenoxy) is 1. The first-order valence-corrected chi connectivity index (χ1v) is 11.4. The quantitative estimate of drug-likeness (QED) is 0.583. The van der Waals surface area contributed by atoms with Crippen LogP contribution >= 0.6 is 0 Å². The van der Waals surface area contributed by atoms with Crippen LogP contribution in [0.3, 0.4) is 0 Å². The summed E-state index contributed by atoms with van der Waals surface area (Å²) in [7, 11) is -3.66. The molecule has 0 unspecified atom stereocenters. The van der Waals surface area contributed by atoms with Crippen LogP contribution < -0.4 is 4.72 Å². The van der Waals surface area contributed by atoms with E-state index in [1.807, 2.05) is 37.3 Å². The van der Waals surface area contributed by atoms with Gasteiger partial charge in [-0.3, -0.25) is 9.59 Å². The molecule has 0 saturated heterocycles. The fourth-order valence-corrected chi connectivity index (χ4v) is 4.07. The lowest BCUT2D eigenvalue weighted by atomic mass is 10.1. The largest absolute Gasteiger partial charge is 0.465 e. The summed E-state index contributed by atoms with van der Waals surface area (Å²) in [6.07, 6.45) is 0.665. The van der Waals surface area contributed by atoms with E-state index in [1.54, 1.807) is 13.8 Å². The summed E-state index contributed by atoms with van der Waals surface area (Å²) < 4.78 is 32.4. The molecule has 0 saturated carbocycles. The van der Waals surface area contributed by atoms with Gasteiger partial charge < -0.3 is 9.64 Å². The standard InChI is InChI=1S/C22H28N2O5S/c1-4-17(3)23-30(27,28)20-13-11-19(12-14-20)22(26)24(16-21(25)29-5-2)15-18-9-7-6-8-10-18/h6-14,17,23H,4-5,15-16H2,1-3H3/t17-/m1/s1. The second kappa shape index (κ2) is 10.9. The molecule has 0 aromatic heterocycles. The second-order valence-corrected chi connectivity index (χ2v) is 8.62. The van der Waals surface area contributed by atoms with E-state index >= 15 is 0 Å². The van der Waals surface area contributed by atoms with Crippen LogP contribution in [0.1, 0.15) is 43.1 Å². The Hall–Kier alpha value is -2.71. The van der Waals surface area contributed by atoms with E-state index in [4.69, 9.17) is 4.74 Å². The van der Waals surface area contributed by atoms with Gasteiger partial charge in [-0.2, -0.15) is 0 Å². The predicted molar refractivity (Wildman–Crippen MR) is 114 cm³/mol. The number of nitrogens with one attached hydrogen (secondary N) is 1. The SMILES string of the molecule is CCOC(=O)CN(Cc1ccccc1)C(=O)c1ccc(S(=O)(=O)N[C@H](C)CC)cc1. The third-order valence-electron chi connectivity index (χ3n) is 4.51. The number of rotatable bonds is 10.